The smallest absolute Gasteiger partial charge is 0.227 e. The Morgan fingerprint density at radius 2 is 1.46 bits per heavy atom. The summed E-state index contributed by atoms with van der Waals surface area (Å²) in [5.74, 6) is 0.891. The molecule has 0 fully saturated rings. The lowest BCUT2D eigenvalue weighted by atomic mass is 10.1. The molecule has 3 nitrogen and oxygen atoms in total. The molecule has 0 amide bonds. The summed E-state index contributed by atoms with van der Waals surface area (Å²) in [7, 11) is 0. The third kappa shape index (κ3) is 3.26. The number of benzene rings is 2. The van der Waals surface area contributed by atoms with Crippen molar-refractivity contribution < 1.29 is 8.81 Å². The molecule has 2 aromatic heterocycles. The number of thioether (sulfide) groups is 1. The fourth-order valence-corrected chi connectivity index (χ4v) is 3.09. The van der Waals surface area contributed by atoms with Crippen molar-refractivity contribution >= 4 is 11.8 Å². The molecule has 0 radical (unpaired) electrons. The zero-order valence-corrected chi connectivity index (χ0v) is 14.8. The third-order valence-corrected chi connectivity index (χ3v) is 4.77. The Kier molecular flexibility index (Phi) is 4.54. The van der Waals surface area contributed by atoms with Crippen LogP contribution >= 0.6 is 11.8 Å². The number of nitrogens with zero attached hydrogens (tertiary/aromatic N) is 2. The van der Waals surface area contributed by atoms with Gasteiger partial charge in [-0.05, 0) is 66.9 Å². The van der Waals surface area contributed by atoms with Gasteiger partial charge in [-0.15, -0.1) is 11.8 Å². The highest BCUT2D eigenvalue weighted by atomic mass is 32.2. The molecule has 128 valence electrons. The van der Waals surface area contributed by atoms with Crippen LogP contribution in [0.2, 0.25) is 0 Å². The second-order valence-electron chi connectivity index (χ2n) is 5.67. The van der Waals surface area contributed by atoms with E-state index in [0.29, 0.717) is 17.3 Å². The van der Waals surface area contributed by atoms with Crippen LogP contribution in [0.5, 0.6) is 0 Å². The van der Waals surface area contributed by atoms with Gasteiger partial charge in [0.25, 0.3) is 0 Å². The van der Waals surface area contributed by atoms with E-state index in [9.17, 15) is 4.39 Å². The molecule has 0 saturated carbocycles. The maximum absolute atomic E-state index is 13.3. The number of halogens is 1. The molecule has 0 aliphatic heterocycles. The lowest BCUT2D eigenvalue weighted by Gasteiger charge is -2.01. The van der Waals surface area contributed by atoms with Crippen LogP contribution in [-0.4, -0.2) is 16.2 Å². The molecule has 5 heteroatoms. The van der Waals surface area contributed by atoms with Crippen molar-refractivity contribution in [2.45, 2.75) is 4.90 Å². The van der Waals surface area contributed by atoms with Crippen LogP contribution in [0.1, 0.15) is 0 Å². The van der Waals surface area contributed by atoms with Gasteiger partial charge in [0.05, 0.1) is 0 Å². The first-order valence-electron chi connectivity index (χ1n) is 8.06. The number of pyridine rings is 1. The van der Waals surface area contributed by atoms with Gasteiger partial charge < -0.3 is 4.42 Å². The molecule has 0 aliphatic rings. The molecule has 0 bridgehead atoms. The first kappa shape index (κ1) is 16.5. The van der Waals surface area contributed by atoms with E-state index < -0.39 is 0 Å². The number of rotatable bonds is 4. The van der Waals surface area contributed by atoms with Gasteiger partial charge in [0.1, 0.15) is 11.5 Å². The van der Waals surface area contributed by atoms with Crippen LogP contribution in [0.4, 0.5) is 4.39 Å². The van der Waals surface area contributed by atoms with Gasteiger partial charge >= 0.3 is 0 Å². The molecule has 0 spiro atoms. The number of oxazole rings is 1. The minimum absolute atomic E-state index is 0.282. The first-order valence-corrected chi connectivity index (χ1v) is 9.28. The number of hydrogen-bond acceptors (Lipinski definition) is 4. The van der Waals surface area contributed by atoms with Crippen LogP contribution in [-0.2, 0) is 0 Å². The molecular formula is C21H15FN2OS. The molecule has 4 rings (SSSR count). The van der Waals surface area contributed by atoms with Crippen molar-refractivity contribution in [1.82, 2.24) is 9.97 Å². The van der Waals surface area contributed by atoms with Gasteiger partial charge in [-0.1, -0.05) is 0 Å². The van der Waals surface area contributed by atoms with Crippen molar-refractivity contribution in [1.29, 1.82) is 0 Å². The fourth-order valence-electron chi connectivity index (χ4n) is 2.68. The molecule has 2 heterocycles. The van der Waals surface area contributed by atoms with Gasteiger partial charge in [-0.2, -0.15) is 0 Å². The minimum Gasteiger partial charge on any atom is -0.435 e. The summed E-state index contributed by atoms with van der Waals surface area (Å²) >= 11 is 1.68. The molecule has 0 N–H and O–H groups in total. The average molecular weight is 362 g/mol. The maximum Gasteiger partial charge on any atom is 0.227 e. The largest absolute Gasteiger partial charge is 0.435 e. The van der Waals surface area contributed by atoms with Crippen molar-refractivity contribution in [3.05, 3.63) is 78.9 Å². The van der Waals surface area contributed by atoms with Crippen LogP contribution in [0, 0.1) is 5.82 Å². The zero-order chi connectivity index (χ0) is 17.9. The first-order chi connectivity index (χ1) is 12.7. The lowest BCUT2D eigenvalue weighted by molar-refractivity contribution is 0.589. The van der Waals surface area contributed by atoms with Gasteiger partial charge in [0.2, 0.25) is 5.89 Å². The van der Waals surface area contributed by atoms with Crippen LogP contribution in [0.25, 0.3) is 34.0 Å². The van der Waals surface area contributed by atoms with Gasteiger partial charge in [0, 0.05) is 34.0 Å². The second kappa shape index (κ2) is 7.14. The standard InChI is InChI=1S/C21H15FN2OS/c1-26-18-8-4-16(5-9-18)21-24-19(14-2-6-17(22)7-3-14)20(25-21)15-10-12-23-13-11-15/h2-13H,1H3. The molecule has 0 atom stereocenters. The summed E-state index contributed by atoms with van der Waals surface area (Å²) in [6.45, 7) is 0. The Morgan fingerprint density at radius 1 is 0.808 bits per heavy atom. The summed E-state index contributed by atoms with van der Waals surface area (Å²) in [6, 6.07) is 18.0. The Labute approximate surface area is 154 Å². The SMILES string of the molecule is CSc1ccc(-c2nc(-c3ccc(F)cc3)c(-c3ccncc3)o2)cc1. The topological polar surface area (TPSA) is 38.9 Å². The molecule has 0 saturated heterocycles. The average Bonchev–Trinajstić information content (AvgIpc) is 3.15. The monoisotopic (exact) mass is 362 g/mol. The van der Waals surface area contributed by atoms with Crippen LogP contribution in [0.3, 0.4) is 0 Å². The summed E-state index contributed by atoms with van der Waals surface area (Å²) in [5.41, 5.74) is 3.25. The normalized spacial score (nSPS) is 10.8. The highest BCUT2D eigenvalue weighted by Crippen LogP contribution is 2.36. The Hall–Kier alpha value is -2.92. The van der Waals surface area contributed by atoms with Crippen LogP contribution < -0.4 is 0 Å². The predicted molar refractivity (Wildman–Crippen MR) is 102 cm³/mol. The van der Waals surface area contributed by atoms with E-state index in [1.165, 1.54) is 17.0 Å². The molecule has 0 unspecified atom stereocenters. The van der Waals surface area contributed by atoms with E-state index in [0.717, 1.165) is 16.7 Å². The fraction of sp³-hybridized carbons (Fsp3) is 0.0476. The second-order valence-corrected chi connectivity index (χ2v) is 6.55. The lowest BCUT2D eigenvalue weighted by Crippen LogP contribution is -1.84. The quantitative estimate of drug-likeness (QED) is 0.422. The Morgan fingerprint density at radius 3 is 2.12 bits per heavy atom. The zero-order valence-electron chi connectivity index (χ0n) is 14.0. The van der Waals surface area contributed by atoms with E-state index in [1.54, 1.807) is 36.3 Å². The Bertz CT molecular complexity index is 1010. The third-order valence-electron chi connectivity index (χ3n) is 4.02. The molecule has 26 heavy (non-hydrogen) atoms. The van der Waals surface area contributed by atoms with Crippen molar-refractivity contribution in [2.75, 3.05) is 6.26 Å². The molecular weight excluding hydrogens is 347 g/mol. The van der Waals surface area contributed by atoms with Gasteiger partial charge in [-0.25, -0.2) is 9.37 Å². The van der Waals surface area contributed by atoms with Crippen molar-refractivity contribution in [2.24, 2.45) is 0 Å². The summed E-state index contributed by atoms with van der Waals surface area (Å²) in [5, 5.41) is 0. The highest BCUT2D eigenvalue weighted by Gasteiger charge is 2.18. The van der Waals surface area contributed by atoms with E-state index in [2.05, 4.69) is 4.98 Å². The maximum atomic E-state index is 13.3. The van der Waals surface area contributed by atoms with E-state index >= 15 is 0 Å². The number of aromatic nitrogens is 2. The number of hydrogen-bond donors (Lipinski definition) is 0. The Balaban J connectivity index is 1.85. The van der Waals surface area contributed by atoms with E-state index in [-0.39, 0.29) is 5.82 Å². The minimum atomic E-state index is -0.282. The van der Waals surface area contributed by atoms with Gasteiger partial charge in [-0.3, -0.25) is 4.98 Å². The summed E-state index contributed by atoms with van der Waals surface area (Å²) < 4.78 is 19.4. The highest BCUT2D eigenvalue weighted by molar-refractivity contribution is 7.98. The van der Waals surface area contributed by atoms with Crippen molar-refractivity contribution in [3.63, 3.8) is 0 Å². The summed E-state index contributed by atoms with van der Waals surface area (Å²) in [6.07, 6.45) is 5.45. The van der Waals surface area contributed by atoms with Crippen molar-refractivity contribution in [3.8, 4) is 34.0 Å². The van der Waals surface area contributed by atoms with Gasteiger partial charge in [0.15, 0.2) is 5.76 Å². The van der Waals surface area contributed by atoms with E-state index in [1.807, 2.05) is 42.7 Å². The molecule has 2 aromatic carbocycles. The van der Waals surface area contributed by atoms with Crippen LogP contribution in [0.15, 0.2) is 82.4 Å². The molecule has 0 aliphatic carbocycles. The summed E-state index contributed by atoms with van der Waals surface area (Å²) in [4.78, 5) is 9.93. The molecule has 4 aromatic rings. The predicted octanol–water partition coefficient (Wildman–Crippen LogP) is 5.93. The van der Waals surface area contributed by atoms with E-state index in [4.69, 9.17) is 9.40 Å².